The Hall–Kier alpha value is -4.12. The standard InChI is InChI=1S/C33H36N4O6.Na.H/c1-7-20-19(6)32(42)37-27(20)14-25-18(5)23(10-12-31(40)41)29(35-25)15-28-22(9-11-30(38)39)17(4)24(34-28)13-26-16(3)21(8-2)33(43)36-26;;/h7-8,13-14,34-35H,1-2,9-12,15H2,3-6H3,(H,36,43)(H,37,42)(H,38,39)(H,40,41);;/q;+1;-1/b26-13-,27-14-;;. The van der Waals surface area contributed by atoms with Crippen LogP contribution in [-0.4, -0.2) is 43.9 Å². The van der Waals surface area contributed by atoms with Crippen molar-refractivity contribution >= 4 is 35.9 Å². The van der Waals surface area contributed by atoms with Gasteiger partial charge in [-0.05, 0) is 80.5 Å². The van der Waals surface area contributed by atoms with E-state index in [1.165, 1.54) is 6.08 Å². The molecule has 2 aliphatic heterocycles. The summed E-state index contributed by atoms with van der Waals surface area (Å²) in [4.78, 5) is 54.5. The zero-order valence-corrected chi connectivity index (χ0v) is 27.8. The number of carboxylic acid groups (broad SMARTS) is 2. The summed E-state index contributed by atoms with van der Waals surface area (Å²) in [6.07, 6.45) is 7.58. The van der Waals surface area contributed by atoms with Crippen molar-refractivity contribution in [3.05, 3.63) is 104 Å². The van der Waals surface area contributed by atoms with E-state index in [9.17, 15) is 29.4 Å². The third-order valence-corrected chi connectivity index (χ3v) is 8.11. The maximum absolute atomic E-state index is 12.3. The Labute approximate surface area is 279 Å². The molecule has 44 heavy (non-hydrogen) atoms. The molecule has 226 valence electrons. The van der Waals surface area contributed by atoms with E-state index < -0.39 is 11.9 Å². The first-order valence-corrected chi connectivity index (χ1v) is 13.9. The summed E-state index contributed by atoms with van der Waals surface area (Å²) in [6.45, 7) is 14.9. The number of aliphatic carboxylic acids is 2. The Morgan fingerprint density at radius 3 is 1.61 bits per heavy atom. The number of allylic oxidation sites excluding steroid dienone is 2. The summed E-state index contributed by atoms with van der Waals surface area (Å²) < 4.78 is 0. The second kappa shape index (κ2) is 14.1. The summed E-state index contributed by atoms with van der Waals surface area (Å²) in [6, 6.07) is 0. The van der Waals surface area contributed by atoms with Crippen LogP contribution in [-0.2, 0) is 38.4 Å². The van der Waals surface area contributed by atoms with E-state index in [1.54, 1.807) is 13.0 Å². The molecular weight excluding hydrogens is 571 g/mol. The first-order chi connectivity index (χ1) is 20.4. The number of rotatable bonds is 12. The van der Waals surface area contributed by atoms with Gasteiger partial charge in [-0.3, -0.25) is 19.2 Å². The number of aromatic amines is 2. The minimum atomic E-state index is -0.922. The fourth-order valence-electron chi connectivity index (χ4n) is 5.61. The van der Waals surface area contributed by atoms with Crippen molar-refractivity contribution < 1.29 is 60.4 Å². The van der Waals surface area contributed by atoms with Gasteiger partial charge in [-0.2, -0.15) is 0 Å². The summed E-state index contributed by atoms with van der Waals surface area (Å²) in [5.74, 6) is -2.28. The van der Waals surface area contributed by atoms with Gasteiger partial charge in [0, 0.05) is 64.5 Å². The van der Waals surface area contributed by atoms with Crippen molar-refractivity contribution in [3.63, 3.8) is 0 Å². The van der Waals surface area contributed by atoms with Gasteiger partial charge >= 0.3 is 41.5 Å². The van der Waals surface area contributed by atoms with Gasteiger partial charge in [0.05, 0.1) is 5.70 Å². The molecule has 0 bridgehead atoms. The Morgan fingerprint density at radius 2 is 1.18 bits per heavy atom. The second-order valence-corrected chi connectivity index (χ2v) is 10.7. The molecule has 0 aliphatic carbocycles. The molecule has 0 spiro atoms. The molecule has 0 unspecified atom stereocenters. The molecule has 2 aromatic heterocycles. The average Bonchev–Trinajstić information content (AvgIpc) is 3.59. The van der Waals surface area contributed by atoms with E-state index in [-0.39, 0.29) is 68.5 Å². The number of carbonyl (C=O) groups excluding carboxylic acids is 2. The number of aromatic nitrogens is 2. The van der Waals surface area contributed by atoms with Crippen molar-refractivity contribution in [2.24, 2.45) is 0 Å². The van der Waals surface area contributed by atoms with Crippen LogP contribution in [0.1, 0.15) is 73.1 Å². The van der Waals surface area contributed by atoms with Crippen LogP contribution in [0.3, 0.4) is 0 Å². The first-order valence-electron chi connectivity index (χ1n) is 13.9. The van der Waals surface area contributed by atoms with E-state index in [1.807, 2.05) is 32.9 Å². The fraction of sp³-hybridized carbons (Fsp3) is 0.273. The van der Waals surface area contributed by atoms with Crippen LogP contribution in [0.2, 0.25) is 0 Å². The smallest absolute Gasteiger partial charge is 1.00 e. The normalized spacial score (nSPS) is 16.5. The minimum Gasteiger partial charge on any atom is -1.00 e. The molecule has 0 aromatic carbocycles. The van der Waals surface area contributed by atoms with Crippen LogP contribution in [0.5, 0.6) is 0 Å². The number of hydrogen-bond donors (Lipinski definition) is 6. The maximum atomic E-state index is 12.3. The SMILES string of the molecule is C=CC1=C(C)/C(=C/c2[nH]c(Cc3[nH]c(/C=C4\NC(=O)C(C)=C4C=C)c(C)c3CCC(=O)O)c(CCC(=O)O)c2C)NC1=O.[H-].[Na+]. The molecule has 0 fully saturated rings. The van der Waals surface area contributed by atoms with Gasteiger partial charge in [-0.15, -0.1) is 0 Å². The second-order valence-electron chi connectivity index (χ2n) is 10.7. The predicted molar refractivity (Wildman–Crippen MR) is 165 cm³/mol. The molecule has 2 aliphatic rings. The number of H-pyrrole nitrogens is 2. The summed E-state index contributed by atoms with van der Waals surface area (Å²) in [7, 11) is 0. The van der Waals surface area contributed by atoms with Crippen LogP contribution < -0.4 is 40.2 Å². The molecule has 0 radical (unpaired) electrons. The fourth-order valence-corrected chi connectivity index (χ4v) is 5.61. The molecule has 10 nitrogen and oxygen atoms in total. The van der Waals surface area contributed by atoms with E-state index in [0.717, 1.165) is 50.6 Å². The topological polar surface area (TPSA) is 164 Å². The third-order valence-electron chi connectivity index (χ3n) is 8.11. The van der Waals surface area contributed by atoms with Crippen molar-refractivity contribution in [1.82, 2.24) is 20.6 Å². The average molecular weight is 609 g/mol. The molecule has 4 rings (SSSR count). The monoisotopic (exact) mass is 608 g/mol. The van der Waals surface area contributed by atoms with E-state index in [2.05, 4.69) is 33.8 Å². The van der Waals surface area contributed by atoms with E-state index in [0.29, 0.717) is 34.5 Å². The molecular formula is C33H37N4NaO6. The molecule has 6 N–H and O–H groups in total. The zero-order valence-electron chi connectivity index (χ0n) is 26.8. The summed E-state index contributed by atoms with van der Waals surface area (Å²) in [5, 5.41) is 24.6. The summed E-state index contributed by atoms with van der Waals surface area (Å²) >= 11 is 0. The first kappa shape index (κ1) is 34.4. The number of carboxylic acids is 2. The molecule has 2 amide bonds. The Kier molecular flexibility index (Phi) is 11.0. The Morgan fingerprint density at radius 1 is 0.727 bits per heavy atom. The van der Waals surface area contributed by atoms with Gasteiger partial charge < -0.3 is 32.2 Å². The van der Waals surface area contributed by atoms with Gasteiger partial charge in [0.25, 0.3) is 11.8 Å². The third kappa shape index (κ3) is 6.99. The molecule has 11 heteroatoms. The van der Waals surface area contributed by atoms with Gasteiger partial charge in [-0.25, -0.2) is 0 Å². The zero-order chi connectivity index (χ0) is 31.6. The van der Waals surface area contributed by atoms with Crippen molar-refractivity contribution in [3.8, 4) is 0 Å². The van der Waals surface area contributed by atoms with E-state index in [4.69, 9.17) is 0 Å². The van der Waals surface area contributed by atoms with Crippen molar-refractivity contribution in [2.75, 3.05) is 0 Å². The van der Waals surface area contributed by atoms with Crippen LogP contribution >= 0.6 is 0 Å². The number of amides is 2. The van der Waals surface area contributed by atoms with Crippen LogP contribution in [0.25, 0.3) is 12.2 Å². The largest absolute Gasteiger partial charge is 1.00 e. The summed E-state index contributed by atoms with van der Waals surface area (Å²) in [5.41, 5.74) is 10.2. The maximum Gasteiger partial charge on any atom is 1.00 e. The minimum absolute atomic E-state index is 0. The Bertz CT molecular complexity index is 1720. The van der Waals surface area contributed by atoms with Crippen molar-refractivity contribution in [2.45, 2.75) is 59.8 Å². The van der Waals surface area contributed by atoms with Crippen LogP contribution in [0, 0.1) is 13.8 Å². The van der Waals surface area contributed by atoms with Gasteiger partial charge in [0.15, 0.2) is 0 Å². The number of carbonyl (C=O) groups is 4. The molecule has 0 atom stereocenters. The van der Waals surface area contributed by atoms with Crippen LogP contribution in [0.4, 0.5) is 0 Å². The van der Waals surface area contributed by atoms with Gasteiger partial charge in [-0.1, -0.05) is 25.3 Å². The Balaban J connectivity index is 0.00000353. The molecule has 0 saturated carbocycles. The molecule has 0 saturated heterocycles. The number of nitrogens with one attached hydrogen (secondary N) is 4. The molecule has 2 aromatic rings. The van der Waals surface area contributed by atoms with Crippen LogP contribution in [0.15, 0.2) is 59.0 Å². The van der Waals surface area contributed by atoms with Gasteiger partial charge in [0.1, 0.15) is 0 Å². The predicted octanol–water partition coefficient (Wildman–Crippen LogP) is 1.65. The number of hydrogen-bond acceptors (Lipinski definition) is 4. The molecule has 4 heterocycles. The quantitative estimate of drug-likeness (QED) is 0.201. The van der Waals surface area contributed by atoms with Gasteiger partial charge in [0.2, 0.25) is 0 Å². The van der Waals surface area contributed by atoms with Crippen molar-refractivity contribution in [1.29, 1.82) is 0 Å². The van der Waals surface area contributed by atoms with E-state index >= 15 is 0 Å².